The molecule has 0 fully saturated rings. The van der Waals surface area contributed by atoms with Crippen molar-refractivity contribution in [3.63, 3.8) is 0 Å². The summed E-state index contributed by atoms with van der Waals surface area (Å²) in [6.45, 7) is 5.72. The van der Waals surface area contributed by atoms with E-state index in [0.717, 1.165) is 5.56 Å². The Morgan fingerprint density at radius 3 is 2.35 bits per heavy atom. The number of hydrogen-bond acceptors (Lipinski definition) is 5. The largest absolute Gasteiger partial charge is 0.413 e. The van der Waals surface area contributed by atoms with E-state index in [0.29, 0.717) is 5.75 Å². The van der Waals surface area contributed by atoms with Crippen molar-refractivity contribution in [1.82, 2.24) is 5.32 Å². The lowest BCUT2D eigenvalue weighted by Gasteiger charge is -2.17. The van der Waals surface area contributed by atoms with Gasteiger partial charge in [0.05, 0.1) is 13.2 Å². The third kappa shape index (κ3) is 5.33. The third-order valence-corrected chi connectivity index (χ3v) is 4.21. The lowest BCUT2D eigenvalue weighted by molar-refractivity contribution is 0.194. The molecule has 1 aromatic rings. The van der Waals surface area contributed by atoms with E-state index in [4.69, 9.17) is 13.8 Å². The molecule has 0 heterocycles. The van der Waals surface area contributed by atoms with Gasteiger partial charge >= 0.3 is 13.7 Å². The fourth-order valence-electron chi connectivity index (χ4n) is 1.49. The molecule has 1 rings (SSSR count). The van der Waals surface area contributed by atoms with Crippen molar-refractivity contribution < 1.29 is 23.1 Å². The van der Waals surface area contributed by atoms with E-state index in [9.17, 15) is 9.36 Å². The minimum atomic E-state index is -3.30. The first-order valence-electron chi connectivity index (χ1n) is 6.40. The van der Waals surface area contributed by atoms with Crippen LogP contribution in [0.4, 0.5) is 4.79 Å². The van der Waals surface area contributed by atoms with Crippen LogP contribution in [-0.2, 0) is 13.6 Å². The summed E-state index contributed by atoms with van der Waals surface area (Å²) >= 11 is 0. The molecule has 6 nitrogen and oxygen atoms in total. The van der Waals surface area contributed by atoms with Crippen LogP contribution >= 0.6 is 7.60 Å². The highest BCUT2D eigenvalue weighted by atomic mass is 31.2. The van der Waals surface area contributed by atoms with Crippen LogP contribution in [0.1, 0.15) is 19.4 Å². The number of carbonyl (C=O) groups excluding carboxylic acids is 1. The second-order valence-electron chi connectivity index (χ2n) is 3.94. The highest BCUT2D eigenvalue weighted by molar-refractivity contribution is 7.53. The first-order valence-corrected chi connectivity index (χ1v) is 8.13. The fourth-order valence-corrected chi connectivity index (χ4v) is 2.86. The van der Waals surface area contributed by atoms with Crippen molar-refractivity contribution in [1.29, 1.82) is 0 Å². The average molecular weight is 301 g/mol. The second-order valence-corrected chi connectivity index (χ2v) is 5.99. The molecule has 0 unspecified atom stereocenters. The quantitative estimate of drug-likeness (QED) is 0.782. The molecule has 0 radical (unpaired) electrons. The summed E-state index contributed by atoms with van der Waals surface area (Å²) < 4.78 is 27.4. The molecule has 0 spiro atoms. The van der Waals surface area contributed by atoms with Gasteiger partial charge in [-0.05, 0) is 32.4 Å². The molecule has 0 bridgehead atoms. The maximum Gasteiger partial charge on any atom is 0.413 e. The predicted octanol–water partition coefficient (Wildman–Crippen LogP) is 3.31. The highest BCUT2D eigenvalue weighted by Gasteiger charge is 2.24. The zero-order chi connectivity index (χ0) is 15.0. The summed E-state index contributed by atoms with van der Waals surface area (Å²) in [4.78, 5) is 11.7. The molecule has 1 N–H and O–H groups in total. The molecule has 0 aliphatic carbocycles. The van der Waals surface area contributed by atoms with E-state index in [1.807, 2.05) is 19.1 Å². The number of amides is 1. The Hall–Kier alpha value is -1.36. The van der Waals surface area contributed by atoms with E-state index < -0.39 is 13.7 Å². The first kappa shape index (κ1) is 16.7. The monoisotopic (exact) mass is 301 g/mol. The third-order valence-electron chi connectivity index (χ3n) is 2.36. The molecular formula is C13H20NO5P. The van der Waals surface area contributed by atoms with Gasteiger partial charge in [-0.25, -0.2) is 4.79 Å². The van der Waals surface area contributed by atoms with Gasteiger partial charge in [0.25, 0.3) is 0 Å². The van der Waals surface area contributed by atoms with E-state index in [1.165, 1.54) is 0 Å². The molecule has 0 saturated carbocycles. The summed E-state index contributed by atoms with van der Waals surface area (Å²) in [7, 11) is -3.30. The van der Waals surface area contributed by atoms with Gasteiger partial charge in [-0.2, -0.15) is 0 Å². The highest BCUT2D eigenvalue weighted by Crippen LogP contribution is 2.46. The molecule has 0 saturated heterocycles. The van der Waals surface area contributed by atoms with Gasteiger partial charge in [0.1, 0.15) is 12.0 Å². The number of hydrogen-bond donors (Lipinski definition) is 1. The summed E-state index contributed by atoms with van der Waals surface area (Å²) in [5, 5.41) is 2.39. The number of para-hydroxylation sites is 1. The Morgan fingerprint density at radius 2 is 1.80 bits per heavy atom. The van der Waals surface area contributed by atoms with Gasteiger partial charge in [-0.15, -0.1) is 0 Å². The standard InChI is InChI=1S/C13H20NO5P/c1-4-17-20(16,18-5-2)10-14-13(15)19-12-9-7-6-8-11(12)3/h6-9H,4-5,10H2,1-3H3,(H,14,15). The Kier molecular flexibility index (Phi) is 6.71. The minimum absolute atomic E-state index is 0.223. The van der Waals surface area contributed by atoms with Crippen LogP contribution in [0.5, 0.6) is 5.75 Å². The molecule has 20 heavy (non-hydrogen) atoms. The van der Waals surface area contributed by atoms with Crippen molar-refractivity contribution in [3.05, 3.63) is 29.8 Å². The Balaban J connectivity index is 2.54. The molecule has 0 aliphatic heterocycles. The van der Waals surface area contributed by atoms with Gasteiger partial charge in [-0.1, -0.05) is 18.2 Å². The SMILES string of the molecule is CCOP(=O)(CNC(=O)Oc1ccccc1C)OCC. The van der Waals surface area contributed by atoms with Crippen molar-refractivity contribution in [3.8, 4) is 5.75 Å². The van der Waals surface area contributed by atoms with Crippen LogP contribution in [0.3, 0.4) is 0 Å². The zero-order valence-corrected chi connectivity index (χ0v) is 12.8. The Morgan fingerprint density at radius 1 is 1.20 bits per heavy atom. The van der Waals surface area contributed by atoms with Crippen LogP contribution in [0.15, 0.2) is 24.3 Å². The van der Waals surface area contributed by atoms with Gasteiger partial charge in [0.2, 0.25) is 0 Å². The van der Waals surface area contributed by atoms with Gasteiger partial charge < -0.3 is 19.1 Å². The lowest BCUT2D eigenvalue weighted by atomic mass is 10.2. The molecular weight excluding hydrogens is 281 g/mol. The van der Waals surface area contributed by atoms with Crippen LogP contribution in [0, 0.1) is 6.92 Å². The summed E-state index contributed by atoms with van der Waals surface area (Å²) in [6.07, 6.45) is -0.918. The van der Waals surface area contributed by atoms with Gasteiger partial charge in [0.15, 0.2) is 0 Å². The topological polar surface area (TPSA) is 73.9 Å². The molecule has 112 valence electrons. The number of benzene rings is 1. The van der Waals surface area contributed by atoms with E-state index in [1.54, 1.807) is 26.0 Å². The van der Waals surface area contributed by atoms with Crippen molar-refractivity contribution >= 4 is 13.7 Å². The average Bonchev–Trinajstić information content (AvgIpc) is 2.40. The van der Waals surface area contributed by atoms with Crippen LogP contribution < -0.4 is 10.1 Å². The number of rotatable bonds is 7. The minimum Gasteiger partial charge on any atom is -0.410 e. The number of nitrogens with one attached hydrogen (secondary N) is 1. The smallest absolute Gasteiger partial charge is 0.410 e. The van der Waals surface area contributed by atoms with Crippen molar-refractivity contribution in [2.45, 2.75) is 20.8 Å². The number of carbonyl (C=O) groups is 1. The Bertz CT molecular complexity index is 481. The van der Waals surface area contributed by atoms with Crippen molar-refractivity contribution in [2.75, 3.05) is 19.5 Å². The summed E-state index contributed by atoms with van der Waals surface area (Å²) in [6, 6.07) is 7.12. The maximum atomic E-state index is 12.1. The first-order chi connectivity index (χ1) is 9.50. The van der Waals surface area contributed by atoms with Crippen molar-refractivity contribution in [2.24, 2.45) is 0 Å². The number of ether oxygens (including phenoxy) is 1. The fraction of sp³-hybridized carbons (Fsp3) is 0.462. The molecule has 1 amide bonds. The van der Waals surface area contributed by atoms with Gasteiger partial charge in [0, 0.05) is 0 Å². The maximum absolute atomic E-state index is 12.1. The van der Waals surface area contributed by atoms with E-state index >= 15 is 0 Å². The molecule has 7 heteroatoms. The van der Waals surface area contributed by atoms with Gasteiger partial charge in [-0.3, -0.25) is 4.57 Å². The molecule has 1 aromatic carbocycles. The van der Waals surface area contributed by atoms with E-state index in [2.05, 4.69) is 5.32 Å². The van der Waals surface area contributed by atoms with E-state index in [-0.39, 0.29) is 19.5 Å². The second kappa shape index (κ2) is 8.04. The van der Waals surface area contributed by atoms with Crippen LogP contribution in [-0.4, -0.2) is 25.6 Å². The van der Waals surface area contributed by atoms with Crippen LogP contribution in [0.25, 0.3) is 0 Å². The molecule has 0 aliphatic rings. The summed E-state index contributed by atoms with van der Waals surface area (Å²) in [5.41, 5.74) is 0.834. The normalized spacial score (nSPS) is 11.2. The lowest BCUT2D eigenvalue weighted by Crippen LogP contribution is -2.28. The Labute approximate surface area is 119 Å². The number of aryl methyl sites for hydroxylation is 1. The predicted molar refractivity (Wildman–Crippen MR) is 76.1 cm³/mol. The molecule has 0 atom stereocenters. The van der Waals surface area contributed by atoms with Crippen LogP contribution in [0.2, 0.25) is 0 Å². The zero-order valence-electron chi connectivity index (χ0n) is 11.9. The summed E-state index contributed by atoms with van der Waals surface area (Å²) in [5.74, 6) is 0.452. The molecule has 0 aromatic heterocycles.